The van der Waals surface area contributed by atoms with Crippen LogP contribution in [0.1, 0.15) is 22.8 Å². The Bertz CT molecular complexity index is 1080. The highest BCUT2D eigenvalue weighted by Crippen LogP contribution is 2.24. The third kappa shape index (κ3) is 4.16. The Morgan fingerprint density at radius 2 is 1.93 bits per heavy atom. The van der Waals surface area contributed by atoms with Gasteiger partial charge in [-0.2, -0.15) is 0 Å². The first kappa shape index (κ1) is 20.0. The molecule has 1 aromatic carbocycles. The maximum atomic E-state index is 12.7. The number of hydrogen-bond donors (Lipinski definition) is 2. The van der Waals surface area contributed by atoms with Crippen LogP contribution in [-0.4, -0.2) is 48.5 Å². The van der Waals surface area contributed by atoms with E-state index in [1.54, 1.807) is 18.2 Å². The number of likely N-dealkylation sites (N-methyl/N-ethyl adjacent to an activating group) is 1. The van der Waals surface area contributed by atoms with Crippen LogP contribution in [0.3, 0.4) is 0 Å². The van der Waals surface area contributed by atoms with Crippen molar-refractivity contribution in [3.63, 3.8) is 0 Å². The number of aromatic amines is 1. The number of furan rings is 1. The zero-order valence-electron chi connectivity index (χ0n) is 17.3. The molecule has 156 valence electrons. The number of hydrogen-bond acceptors (Lipinski definition) is 5. The topological polar surface area (TPSA) is 81.6 Å². The van der Waals surface area contributed by atoms with E-state index >= 15 is 0 Å². The first-order chi connectivity index (χ1) is 14.5. The molecule has 7 nitrogen and oxygen atoms in total. The lowest BCUT2D eigenvalue weighted by molar-refractivity contribution is 0.102. The van der Waals surface area contributed by atoms with Gasteiger partial charge < -0.3 is 24.5 Å². The molecule has 4 rings (SSSR count). The van der Waals surface area contributed by atoms with Crippen molar-refractivity contribution < 1.29 is 9.21 Å². The van der Waals surface area contributed by atoms with Gasteiger partial charge in [-0.05, 0) is 61.5 Å². The van der Waals surface area contributed by atoms with E-state index in [-0.39, 0.29) is 5.56 Å². The molecule has 30 heavy (non-hydrogen) atoms. The van der Waals surface area contributed by atoms with E-state index in [1.807, 2.05) is 19.1 Å². The summed E-state index contributed by atoms with van der Waals surface area (Å²) in [6.45, 7) is 9.35. The molecule has 3 heterocycles. The predicted molar refractivity (Wildman–Crippen MR) is 118 cm³/mol. The number of nitrogens with zero attached hydrogens (tertiary/aromatic N) is 2. The van der Waals surface area contributed by atoms with Crippen LogP contribution in [0.4, 0.5) is 11.4 Å². The van der Waals surface area contributed by atoms with Gasteiger partial charge in [0, 0.05) is 37.6 Å². The number of nitrogens with one attached hydrogen (secondary N) is 2. The van der Waals surface area contributed by atoms with Crippen LogP contribution in [0.5, 0.6) is 0 Å². The third-order valence-corrected chi connectivity index (χ3v) is 5.58. The van der Waals surface area contributed by atoms with Crippen molar-refractivity contribution in [3.05, 3.63) is 70.2 Å². The molecule has 1 aliphatic heterocycles. The summed E-state index contributed by atoms with van der Waals surface area (Å²) >= 11 is 0. The van der Waals surface area contributed by atoms with Gasteiger partial charge >= 0.3 is 0 Å². The van der Waals surface area contributed by atoms with Crippen molar-refractivity contribution >= 4 is 17.3 Å². The summed E-state index contributed by atoms with van der Waals surface area (Å²) in [5.41, 5.74) is 2.95. The molecule has 0 saturated carbocycles. The Kier molecular flexibility index (Phi) is 5.72. The Labute approximate surface area is 175 Å². The zero-order chi connectivity index (χ0) is 21.1. The van der Waals surface area contributed by atoms with Crippen molar-refractivity contribution in [2.24, 2.45) is 0 Å². The molecule has 1 fully saturated rings. The Balaban J connectivity index is 1.46. The summed E-state index contributed by atoms with van der Waals surface area (Å²) in [5.74, 6) is 0.111. The molecule has 0 bridgehead atoms. The molecule has 2 N–H and O–H groups in total. The number of H-pyrrole nitrogens is 1. The number of carbonyl (C=O) groups is 1. The first-order valence-electron chi connectivity index (χ1n) is 10.2. The maximum Gasteiger partial charge on any atom is 0.261 e. The Morgan fingerprint density at radius 3 is 2.57 bits per heavy atom. The smallest absolute Gasteiger partial charge is 0.261 e. The van der Waals surface area contributed by atoms with Gasteiger partial charge in [-0.1, -0.05) is 6.92 Å². The molecule has 1 saturated heterocycles. The predicted octanol–water partition coefficient (Wildman–Crippen LogP) is 3.34. The second kappa shape index (κ2) is 8.59. The quantitative estimate of drug-likeness (QED) is 0.679. The minimum absolute atomic E-state index is 0.0597. The van der Waals surface area contributed by atoms with Gasteiger partial charge in [-0.25, -0.2) is 0 Å². The Morgan fingerprint density at radius 1 is 1.13 bits per heavy atom. The van der Waals surface area contributed by atoms with Gasteiger partial charge in [-0.3, -0.25) is 9.59 Å². The number of amides is 1. The van der Waals surface area contributed by atoms with Crippen LogP contribution in [0.15, 0.2) is 57.9 Å². The number of rotatable bonds is 5. The van der Waals surface area contributed by atoms with E-state index in [0.29, 0.717) is 17.1 Å². The SMILES string of the molecule is CCN1CCN(c2ccc(NC(=O)c3ccc(-c4ccco4)[nH]c3=O)c(C)c2)CC1. The van der Waals surface area contributed by atoms with Gasteiger partial charge in [-0.15, -0.1) is 0 Å². The molecule has 7 heteroatoms. The van der Waals surface area contributed by atoms with Crippen molar-refractivity contribution in [2.45, 2.75) is 13.8 Å². The third-order valence-electron chi connectivity index (χ3n) is 5.58. The summed E-state index contributed by atoms with van der Waals surface area (Å²) < 4.78 is 5.28. The maximum absolute atomic E-state index is 12.7. The highest BCUT2D eigenvalue weighted by molar-refractivity contribution is 6.04. The summed E-state index contributed by atoms with van der Waals surface area (Å²) in [6, 6.07) is 12.7. The van der Waals surface area contributed by atoms with Gasteiger partial charge in [0.1, 0.15) is 11.3 Å². The number of pyridine rings is 1. The van der Waals surface area contributed by atoms with E-state index in [4.69, 9.17) is 4.42 Å². The second-order valence-corrected chi connectivity index (χ2v) is 7.47. The van der Waals surface area contributed by atoms with Crippen LogP contribution in [0.25, 0.3) is 11.5 Å². The van der Waals surface area contributed by atoms with Crippen LogP contribution in [0.2, 0.25) is 0 Å². The van der Waals surface area contributed by atoms with Gasteiger partial charge in [0.15, 0.2) is 0 Å². The average molecular weight is 406 g/mol. The largest absolute Gasteiger partial charge is 0.463 e. The van der Waals surface area contributed by atoms with Crippen molar-refractivity contribution in [1.82, 2.24) is 9.88 Å². The molecule has 3 aromatic rings. The lowest BCUT2D eigenvalue weighted by atomic mass is 10.1. The lowest BCUT2D eigenvalue weighted by Gasteiger charge is -2.35. The summed E-state index contributed by atoms with van der Waals surface area (Å²) in [5, 5.41) is 2.86. The summed E-state index contributed by atoms with van der Waals surface area (Å²) in [6.07, 6.45) is 1.53. The molecule has 0 aliphatic carbocycles. The van der Waals surface area contributed by atoms with Crippen LogP contribution >= 0.6 is 0 Å². The normalized spacial score (nSPS) is 14.7. The number of anilines is 2. The molecule has 1 aliphatic rings. The van der Waals surface area contributed by atoms with E-state index in [1.165, 1.54) is 12.3 Å². The molecular weight excluding hydrogens is 380 g/mol. The monoisotopic (exact) mass is 406 g/mol. The molecule has 0 unspecified atom stereocenters. The molecule has 0 radical (unpaired) electrons. The van der Waals surface area contributed by atoms with Crippen molar-refractivity contribution in [2.75, 3.05) is 42.9 Å². The van der Waals surface area contributed by atoms with Gasteiger partial charge in [0.05, 0.1) is 12.0 Å². The van der Waals surface area contributed by atoms with Crippen LogP contribution < -0.4 is 15.8 Å². The number of piperazine rings is 1. The number of benzene rings is 1. The molecular formula is C23H26N4O3. The van der Waals surface area contributed by atoms with Crippen LogP contribution in [0, 0.1) is 6.92 Å². The van der Waals surface area contributed by atoms with Gasteiger partial charge in [0.2, 0.25) is 0 Å². The minimum atomic E-state index is -0.454. The fourth-order valence-corrected chi connectivity index (χ4v) is 3.72. The highest BCUT2D eigenvalue weighted by atomic mass is 16.3. The fraction of sp³-hybridized carbons (Fsp3) is 0.304. The van der Waals surface area contributed by atoms with Gasteiger partial charge in [0.25, 0.3) is 11.5 Å². The minimum Gasteiger partial charge on any atom is -0.463 e. The van der Waals surface area contributed by atoms with E-state index in [0.717, 1.165) is 44.0 Å². The molecule has 0 spiro atoms. The number of aryl methyl sites for hydroxylation is 1. The van der Waals surface area contributed by atoms with Crippen molar-refractivity contribution in [3.8, 4) is 11.5 Å². The first-order valence-corrected chi connectivity index (χ1v) is 10.2. The Hall–Kier alpha value is -3.32. The summed E-state index contributed by atoms with van der Waals surface area (Å²) in [4.78, 5) is 32.6. The second-order valence-electron chi connectivity index (χ2n) is 7.47. The molecule has 1 amide bonds. The number of aromatic nitrogens is 1. The fourth-order valence-electron chi connectivity index (χ4n) is 3.72. The highest BCUT2D eigenvalue weighted by Gasteiger charge is 2.17. The standard InChI is InChI=1S/C23H26N4O3/c1-3-26-10-12-27(13-11-26)17-6-8-19(16(2)15-17)24-22(28)18-7-9-20(25-23(18)29)21-5-4-14-30-21/h4-9,14-15H,3,10-13H2,1-2H3,(H,24,28)(H,25,29). The van der Waals surface area contributed by atoms with E-state index in [2.05, 4.69) is 33.1 Å². The molecule has 0 atom stereocenters. The van der Waals surface area contributed by atoms with Crippen molar-refractivity contribution in [1.29, 1.82) is 0 Å². The van der Waals surface area contributed by atoms with E-state index in [9.17, 15) is 9.59 Å². The van der Waals surface area contributed by atoms with E-state index < -0.39 is 11.5 Å². The van der Waals surface area contributed by atoms with Crippen LogP contribution in [-0.2, 0) is 0 Å². The number of carbonyl (C=O) groups excluding carboxylic acids is 1. The average Bonchev–Trinajstić information content (AvgIpc) is 3.30. The summed E-state index contributed by atoms with van der Waals surface area (Å²) in [7, 11) is 0. The lowest BCUT2D eigenvalue weighted by Crippen LogP contribution is -2.46. The zero-order valence-corrected chi connectivity index (χ0v) is 17.3. The molecule has 2 aromatic heterocycles.